The number of ether oxygens (including phenoxy) is 2. The van der Waals surface area contributed by atoms with Gasteiger partial charge < -0.3 is 14.8 Å². The fourth-order valence-electron chi connectivity index (χ4n) is 2.26. The molecule has 114 valence electrons. The largest absolute Gasteiger partial charge is 0.493 e. The van der Waals surface area contributed by atoms with Crippen molar-refractivity contribution in [3.8, 4) is 11.5 Å². The lowest BCUT2D eigenvalue weighted by atomic mass is 10.1. The first-order valence-electron chi connectivity index (χ1n) is 6.68. The molecular formula is C15H17F2NO3. The molecule has 0 saturated heterocycles. The third-order valence-corrected chi connectivity index (χ3v) is 3.22. The molecule has 0 heterocycles. The van der Waals surface area contributed by atoms with Gasteiger partial charge in [-0.2, -0.15) is 8.78 Å². The molecule has 1 aliphatic carbocycles. The van der Waals surface area contributed by atoms with E-state index in [-0.39, 0.29) is 23.3 Å². The molecule has 0 fully saturated rings. The zero-order valence-electron chi connectivity index (χ0n) is 11.6. The quantitative estimate of drug-likeness (QED) is 0.816. The van der Waals surface area contributed by atoms with Crippen LogP contribution in [0.25, 0.3) is 0 Å². The van der Waals surface area contributed by atoms with Gasteiger partial charge in [-0.05, 0) is 30.9 Å². The molecule has 0 unspecified atom stereocenters. The van der Waals surface area contributed by atoms with Crippen molar-refractivity contribution in [2.45, 2.75) is 25.9 Å². The van der Waals surface area contributed by atoms with Crippen molar-refractivity contribution in [2.75, 3.05) is 12.4 Å². The number of hydrogen-bond donors (Lipinski definition) is 1. The number of carbonyl (C=O) groups is 1. The number of amides is 1. The van der Waals surface area contributed by atoms with Gasteiger partial charge in [0, 0.05) is 18.2 Å². The SMILES string of the molecule is COc1ccc(NC(=O)C[C@H]2C=CCC2)cc1OC(F)F. The van der Waals surface area contributed by atoms with Crippen LogP contribution < -0.4 is 14.8 Å². The van der Waals surface area contributed by atoms with Gasteiger partial charge in [0.2, 0.25) is 5.91 Å². The first kappa shape index (κ1) is 15.3. The van der Waals surface area contributed by atoms with Crippen LogP contribution in [0.5, 0.6) is 11.5 Å². The van der Waals surface area contributed by atoms with E-state index < -0.39 is 6.61 Å². The minimum atomic E-state index is -2.95. The van der Waals surface area contributed by atoms with Crippen molar-refractivity contribution in [3.05, 3.63) is 30.4 Å². The monoisotopic (exact) mass is 297 g/mol. The summed E-state index contributed by atoms with van der Waals surface area (Å²) >= 11 is 0. The van der Waals surface area contributed by atoms with Crippen molar-refractivity contribution in [1.82, 2.24) is 0 Å². The summed E-state index contributed by atoms with van der Waals surface area (Å²) in [4.78, 5) is 11.9. The molecule has 1 aromatic carbocycles. The van der Waals surface area contributed by atoms with E-state index in [1.807, 2.05) is 6.08 Å². The van der Waals surface area contributed by atoms with Crippen LogP contribution in [0.4, 0.5) is 14.5 Å². The Morgan fingerprint density at radius 2 is 2.24 bits per heavy atom. The number of rotatable bonds is 6. The fraction of sp³-hybridized carbons (Fsp3) is 0.400. The van der Waals surface area contributed by atoms with E-state index in [1.165, 1.54) is 19.2 Å². The molecule has 1 aliphatic rings. The summed E-state index contributed by atoms with van der Waals surface area (Å²) in [7, 11) is 1.36. The minimum Gasteiger partial charge on any atom is -0.493 e. The smallest absolute Gasteiger partial charge is 0.387 e. The van der Waals surface area contributed by atoms with Gasteiger partial charge in [0.15, 0.2) is 11.5 Å². The second kappa shape index (κ2) is 7.06. The fourth-order valence-corrected chi connectivity index (χ4v) is 2.26. The summed E-state index contributed by atoms with van der Waals surface area (Å²) in [5.41, 5.74) is 0.401. The molecule has 1 N–H and O–H groups in total. The second-order valence-electron chi connectivity index (χ2n) is 4.76. The van der Waals surface area contributed by atoms with Crippen LogP contribution in [-0.4, -0.2) is 19.6 Å². The Kier molecular flexibility index (Phi) is 5.14. The zero-order chi connectivity index (χ0) is 15.2. The van der Waals surface area contributed by atoms with Gasteiger partial charge in [-0.3, -0.25) is 4.79 Å². The Labute approximate surface area is 121 Å². The van der Waals surface area contributed by atoms with E-state index in [2.05, 4.69) is 16.1 Å². The molecular weight excluding hydrogens is 280 g/mol. The average Bonchev–Trinajstić information content (AvgIpc) is 2.91. The lowest BCUT2D eigenvalue weighted by Crippen LogP contribution is -2.15. The minimum absolute atomic E-state index is 0.105. The molecule has 0 spiro atoms. The van der Waals surface area contributed by atoms with Crippen LogP contribution >= 0.6 is 0 Å². The summed E-state index contributed by atoms with van der Waals surface area (Å²) < 4.78 is 34.0. The topological polar surface area (TPSA) is 47.6 Å². The Bertz CT molecular complexity index is 532. The van der Waals surface area contributed by atoms with Crippen LogP contribution in [0.2, 0.25) is 0 Å². The zero-order valence-corrected chi connectivity index (χ0v) is 11.6. The molecule has 0 aliphatic heterocycles. The van der Waals surface area contributed by atoms with Crippen LogP contribution in [-0.2, 0) is 4.79 Å². The van der Waals surface area contributed by atoms with Crippen molar-refractivity contribution in [1.29, 1.82) is 0 Å². The molecule has 4 nitrogen and oxygen atoms in total. The van der Waals surface area contributed by atoms with Gasteiger partial charge in [0.25, 0.3) is 0 Å². The molecule has 1 aromatic rings. The first-order valence-corrected chi connectivity index (χ1v) is 6.68. The maximum Gasteiger partial charge on any atom is 0.387 e. The number of nitrogens with one attached hydrogen (secondary N) is 1. The molecule has 0 radical (unpaired) electrons. The summed E-state index contributed by atoms with van der Waals surface area (Å²) in [6, 6.07) is 4.38. The highest BCUT2D eigenvalue weighted by molar-refractivity contribution is 5.91. The second-order valence-corrected chi connectivity index (χ2v) is 4.76. The standard InChI is InChI=1S/C15H17F2NO3/c1-20-12-7-6-11(9-13(12)21-15(16)17)18-14(19)8-10-4-2-3-5-10/h2,4,6-7,9-10,15H,3,5,8H2,1H3,(H,18,19)/t10-/m0/s1. The number of carbonyl (C=O) groups excluding carboxylic acids is 1. The van der Waals surface area contributed by atoms with Crippen LogP contribution in [0.1, 0.15) is 19.3 Å². The van der Waals surface area contributed by atoms with Crippen LogP contribution in [0.3, 0.4) is 0 Å². The predicted octanol–water partition coefficient (Wildman–Crippen LogP) is 3.59. The highest BCUT2D eigenvalue weighted by Crippen LogP contribution is 2.31. The Balaban J connectivity index is 2.01. The first-order chi connectivity index (χ1) is 10.1. The van der Waals surface area contributed by atoms with Crippen LogP contribution in [0.15, 0.2) is 30.4 Å². The van der Waals surface area contributed by atoms with Gasteiger partial charge in [-0.1, -0.05) is 12.2 Å². The normalized spacial score (nSPS) is 17.0. The summed E-state index contributed by atoms with van der Waals surface area (Å²) in [5.74, 6) is 0.179. The molecule has 0 aromatic heterocycles. The van der Waals surface area contributed by atoms with Crippen LogP contribution in [0, 0.1) is 5.92 Å². The maximum absolute atomic E-state index is 12.3. The van der Waals surface area contributed by atoms with E-state index in [4.69, 9.17) is 4.74 Å². The van der Waals surface area contributed by atoms with Gasteiger partial charge in [0.1, 0.15) is 0 Å². The molecule has 1 atom stereocenters. The van der Waals surface area contributed by atoms with Gasteiger partial charge in [-0.25, -0.2) is 0 Å². The van der Waals surface area contributed by atoms with Crippen molar-refractivity contribution < 1.29 is 23.0 Å². The van der Waals surface area contributed by atoms with Crippen molar-refractivity contribution >= 4 is 11.6 Å². The highest BCUT2D eigenvalue weighted by Gasteiger charge is 2.16. The number of methoxy groups -OCH3 is 1. The number of halogens is 2. The lowest BCUT2D eigenvalue weighted by molar-refractivity contribution is -0.116. The molecule has 6 heteroatoms. The third kappa shape index (κ3) is 4.44. The number of allylic oxidation sites excluding steroid dienone is 2. The van der Waals surface area contributed by atoms with E-state index in [1.54, 1.807) is 6.07 Å². The van der Waals surface area contributed by atoms with Gasteiger partial charge >= 0.3 is 6.61 Å². The maximum atomic E-state index is 12.3. The third-order valence-electron chi connectivity index (χ3n) is 3.22. The molecule has 21 heavy (non-hydrogen) atoms. The Morgan fingerprint density at radius 3 is 2.86 bits per heavy atom. The van der Waals surface area contributed by atoms with Crippen molar-refractivity contribution in [2.24, 2.45) is 5.92 Å². The predicted molar refractivity (Wildman–Crippen MR) is 74.7 cm³/mol. The Morgan fingerprint density at radius 1 is 1.43 bits per heavy atom. The number of hydrogen-bond acceptors (Lipinski definition) is 3. The summed E-state index contributed by atoms with van der Waals surface area (Å²) in [6.07, 6.45) is 6.43. The lowest BCUT2D eigenvalue weighted by Gasteiger charge is -2.13. The number of anilines is 1. The van der Waals surface area contributed by atoms with E-state index >= 15 is 0 Å². The van der Waals surface area contributed by atoms with Crippen molar-refractivity contribution in [3.63, 3.8) is 0 Å². The molecule has 0 saturated carbocycles. The number of benzene rings is 1. The highest BCUT2D eigenvalue weighted by atomic mass is 19.3. The molecule has 0 bridgehead atoms. The van der Waals surface area contributed by atoms with E-state index in [0.29, 0.717) is 12.1 Å². The summed E-state index contributed by atoms with van der Waals surface area (Å²) in [6.45, 7) is -2.95. The van der Waals surface area contributed by atoms with Gasteiger partial charge in [-0.15, -0.1) is 0 Å². The molecule has 1 amide bonds. The summed E-state index contributed by atoms with van der Waals surface area (Å²) in [5, 5.41) is 2.68. The van der Waals surface area contributed by atoms with Gasteiger partial charge in [0.05, 0.1) is 7.11 Å². The Hall–Kier alpha value is -2.11. The van der Waals surface area contributed by atoms with E-state index in [0.717, 1.165) is 12.8 Å². The number of alkyl halides is 2. The van der Waals surface area contributed by atoms with E-state index in [9.17, 15) is 13.6 Å². The average molecular weight is 297 g/mol. The molecule has 2 rings (SSSR count).